The van der Waals surface area contributed by atoms with Gasteiger partial charge < -0.3 is 20.3 Å². The number of aliphatic imine (C=N–C) groups is 1. The van der Waals surface area contributed by atoms with E-state index in [1.165, 1.54) is 5.56 Å². The lowest BCUT2D eigenvalue weighted by molar-refractivity contribution is 0.340. The predicted molar refractivity (Wildman–Crippen MR) is 118 cm³/mol. The summed E-state index contributed by atoms with van der Waals surface area (Å²) >= 11 is 0. The minimum Gasteiger partial charge on any atom is -0.494 e. The monoisotopic (exact) mass is 462 g/mol. The Morgan fingerprint density at radius 2 is 1.80 bits per heavy atom. The van der Waals surface area contributed by atoms with Gasteiger partial charge in [-0.25, -0.2) is 0 Å². The zero-order chi connectivity index (χ0) is 18.0. The van der Waals surface area contributed by atoms with Gasteiger partial charge in [0.25, 0.3) is 0 Å². The summed E-state index contributed by atoms with van der Waals surface area (Å²) in [6, 6.07) is 8.24. The zero-order valence-electron chi connectivity index (χ0n) is 16.6. The van der Waals surface area contributed by atoms with Crippen LogP contribution in [0.25, 0.3) is 0 Å². The first-order valence-electron chi connectivity index (χ1n) is 8.82. The van der Waals surface area contributed by atoms with Crippen molar-refractivity contribution >= 4 is 29.9 Å². The van der Waals surface area contributed by atoms with Crippen molar-refractivity contribution < 1.29 is 4.74 Å². The summed E-state index contributed by atoms with van der Waals surface area (Å²) in [4.78, 5) is 6.85. The third kappa shape index (κ3) is 10.5. The van der Waals surface area contributed by atoms with Gasteiger partial charge in [0.2, 0.25) is 0 Å². The summed E-state index contributed by atoms with van der Waals surface area (Å²) < 4.78 is 5.49. The maximum Gasteiger partial charge on any atom is 0.194 e. The molecule has 0 aliphatic rings. The molecule has 0 aromatic heterocycles. The van der Waals surface area contributed by atoms with E-state index in [0.29, 0.717) is 6.61 Å². The van der Waals surface area contributed by atoms with Gasteiger partial charge in [0, 0.05) is 32.2 Å². The average Bonchev–Trinajstić information content (AvgIpc) is 2.51. The predicted octanol–water partition coefficient (Wildman–Crippen LogP) is 3.49. The van der Waals surface area contributed by atoms with Crippen LogP contribution in [0.4, 0.5) is 0 Å². The summed E-state index contributed by atoms with van der Waals surface area (Å²) in [5, 5.41) is 6.81. The molecule has 0 aliphatic carbocycles. The van der Waals surface area contributed by atoms with E-state index in [2.05, 4.69) is 62.4 Å². The van der Waals surface area contributed by atoms with Gasteiger partial charge in [0.1, 0.15) is 5.75 Å². The van der Waals surface area contributed by atoms with Crippen LogP contribution < -0.4 is 15.4 Å². The number of hydrogen-bond donors (Lipinski definition) is 2. The van der Waals surface area contributed by atoms with Gasteiger partial charge in [-0.3, -0.25) is 4.99 Å². The molecule has 5 nitrogen and oxygen atoms in total. The average molecular weight is 462 g/mol. The number of halogens is 1. The van der Waals surface area contributed by atoms with Crippen LogP contribution in [0.3, 0.4) is 0 Å². The van der Waals surface area contributed by atoms with Crippen LogP contribution in [0.5, 0.6) is 5.75 Å². The summed E-state index contributed by atoms with van der Waals surface area (Å²) in [6.45, 7) is 14.6. The number of guanidine groups is 1. The molecule has 0 atom stereocenters. The quantitative estimate of drug-likeness (QED) is 0.269. The van der Waals surface area contributed by atoms with Gasteiger partial charge >= 0.3 is 0 Å². The molecule has 2 N–H and O–H groups in total. The number of rotatable bonds is 8. The van der Waals surface area contributed by atoms with Gasteiger partial charge in [0.15, 0.2) is 5.96 Å². The maximum absolute atomic E-state index is 5.49. The van der Waals surface area contributed by atoms with Gasteiger partial charge in [-0.1, -0.05) is 12.1 Å². The van der Waals surface area contributed by atoms with Crippen molar-refractivity contribution in [2.45, 2.75) is 46.7 Å². The molecule has 6 heteroatoms. The van der Waals surface area contributed by atoms with Crippen molar-refractivity contribution in [2.75, 3.05) is 33.3 Å². The number of benzene rings is 1. The molecule has 144 valence electrons. The number of nitrogens with zero attached hydrogens (tertiary/aromatic N) is 2. The second-order valence-corrected chi connectivity index (χ2v) is 6.85. The van der Waals surface area contributed by atoms with Crippen molar-refractivity contribution in [1.29, 1.82) is 0 Å². The Balaban J connectivity index is 0.00000576. The van der Waals surface area contributed by atoms with E-state index in [4.69, 9.17) is 9.73 Å². The van der Waals surface area contributed by atoms with Gasteiger partial charge in [-0.15, -0.1) is 24.0 Å². The molecule has 25 heavy (non-hydrogen) atoms. The van der Waals surface area contributed by atoms with E-state index < -0.39 is 0 Å². The molecule has 0 radical (unpaired) electrons. The van der Waals surface area contributed by atoms with Crippen LogP contribution in [0, 0.1) is 0 Å². The van der Waals surface area contributed by atoms with Gasteiger partial charge in [0.05, 0.1) is 13.2 Å². The molecule has 0 bridgehead atoms. The second-order valence-electron chi connectivity index (χ2n) is 6.85. The van der Waals surface area contributed by atoms with E-state index in [0.717, 1.165) is 37.9 Å². The topological polar surface area (TPSA) is 48.9 Å². The lowest BCUT2D eigenvalue weighted by atomic mass is 10.1. The Kier molecular flexibility index (Phi) is 11.8. The Hall–Kier alpha value is -1.02. The molecule has 0 fully saturated rings. The number of hydrogen-bond acceptors (Lipinski definition) is 3. The van der Waals surface area contributed by atoms with E-state index in [-0.39, 0.29) is 29.5 Å². The molecular weight excluding hydrogens is 427 g/mol. The normalized spacial score (nSPS) is 11.7. The molecule has 0 amide bonds. The molecule has 1 rings (SSSR count). The lowest BCUT2D eigenvalue weighted by Crippen LogP contribution is -2.40. The SMILES string of the molecule is CCNC(=NCCNC(C)(C)C)N(C)Cc1ccc(OCC)cc1.I. The van der Waals surface area contributed by atoms with Crippen molar-refractivity contribution in [3.8, 4) is 5.75 Å². The Morgan fingerprint density at radius 3 is 2.32 bits per heavy atom. The molecule has 0 aliphatic heterocycles. The van der Waals surface area contributed by atoms with E-state index in [1.807, 2.05) is 19.1 Å². The number of ether oxygens (including phenoxy) is 1. The largest absolute Gasteiger partial charge is 0.494 e. The standard InChI is InChI=1S/C19H34N4O.HI/c1-7-20-18(21-13-14-22-19(3,4)5)23(6)15-16-9-11-17(12-10-16)24-8-2;/h9-12,22H,7-8,13-15H2,1-6H3,(H,20,21);1H. The summed E-state index contributed by atoms with van der Waals surface area (Å²) in [5.74, 6) is 1.85. The van der Waals surface area contributed by atoms with Crippen LogP contribution in [-0.2, 0) is 6.54 Å². The fraction of sp³-hybridized carbons (Fsp3) is 0.632. The first-order chi connectivity index (χ1) is 11.4. The van der Waals surface area contributed by atoms with Crippen molar-refractivity contribution in [2.24, 2.45) is 4.99 Å². The summed E-state index contributed by atoms with van der Waals surface area (Å²) in [5.41, 5.74) is 1.36. The molecule has 0 saturated heterocycles. The first-order valence-corrected chi connectivity index (χ1v) is 8.82. The van der Waals surface area contributed by atoms with E-state index in [9.17, 15) is 0 Å². The van der Waals surface area contributed by atoms with Crippen LogP contribution in [0.2, 0.25) is 0 Å². The molecule has 0 unspecified atom stereocenters. The highest BCUT2D eigenvalue weighted by atomic mass is 127. The third-order valence-corrected chi connectivity index (χ3v) is 3.38. The van der Waals surface area contributed by atoms with E-state index >= 15 is 0 Å². The Labute approximate surface area is 170 Å². The summed E-state index contributed by atoms with van der Waals surface area (Å²) in [7, 11) is 2.06. The third-order valence-electron chi connectivity index (χ3n) is 3.38. The molecule has 1 aromatic rings. The Bertz CT molecular complexity index is 497. The van der Waals surface area contributed by atoms with Crippen LogP contribution in [0.1, 0.15) is 40.2 Å². The van der Waals surface area contributed by atoms with Crippen molar-refractivity contribution in [1.82, 2.24) is 15.5 Å². The van der Waals surface area contributed by atoms with Crippen LogP contribution in [-0.4, -0.2) is 49.7 Å². The molecular formula is C19H35IN4O. The fourth-order valence-corrected chi connectivity index (χ4v) is 2.27. The lowest BCUT2D eigenvalue weighted by Gasteiger charge is -2.23. The zero-order valence-corrected chi connectivity index (χ0v) is 18.9. The van der Waals surface area contributed by atoms with Gasteiger partial charge in [-0.05, 0) is 52.3 Å². The molecule has 0 spiro atoms. The van der Waals surface area contributed by atoms with Crippen molar-refractivity contribution in [3.63, 3.8) is 0 Å². The maximum atomic E-state index is 5.49. The Morgan fingerprint density at radius 1 is 1.16 bits per heavy atom. The highest BCUT2D eigenvalue weighted by molar-refractivity contribution is 14.0. The number of nitrogens with one attached hydrogen (secondary N) is 2. The summed E-state index contributed by atoms with van der Waals surface area (Å²) in [6.07, 6.45) is 0. The van der Waals surface area contributed by atoms with Crippen molar-refractivity contribution in [3.05, 3.63) is 29.8 Å². The molecule has 0 saturated carbocycles. The van der Waals surface area contributed by atoms with Crippen LogP contribution in [0.15, 0.2) is 29.3 Å². The van der Waals surface area contributed by atoms with E-state index in [1.54, 1.807) is 0 Å². The minimum absolute atomic E-state index is 0. The minimum atomic E-state index is 0. The molecule has 1 aromatic carbocycles. The highest BCUT2D eigenvalue weighted by Gasteiger charge is 2.09. The fourth-order valence-electron chi connectivity index (χ4n) is 2.27. The van der Waals surface area contributed by atoms with Crippen LogP contribution >= 0.6 is 24.0 Å². The second kappa shape index (κ2) is 12.4. The van der Waals surface area contributed by atoms with Gasteiger partial charge in [-0.2, -0.15) is 0 Å². The first kappa shape index (κ1) is 24.0. The smallest absolute Gasteiger partial charge is 0.194 e. The highest BCUT2D eigenvalue weighted by Crippen LogP contribution is 2.13. The molecule has 0 heterocycles.